The smallest absolute Gasteiger partial charge is 0.274 e. The van der Waals surface area contributed by atoms with Crippen LogP contribution in [0.1, 0.15) is 67.0 Å². The zero-order valence-corrected chi connectivity index (χ0v) is 16.4. The quantitative estimate of drug-likeness (QED) is 0.577. The van der Waals surface area contributed by atoms with E-state index < -0.39 is 0 Å². The third-order valence-corrected chi connectivity index (χ3v) is 5.98. The van der Waals surface area contributed by atoms with E-state index in [0.29, 0.717) is 23.5 Å². The van der Waals surface area contributed by atoms with Crippen LogP contribution in [0, 0.1) is 5.92 Å². The Morgan fingerprint density at radius 3 is 2.79 bits per heavy atom. The maximum atomic E-state index is 13.1. The molecule has 2 aliphatic rings. The van der Waals surface area contributed by atoms with E-state index in [4.69, 9.17) is 4.98 Å². The second-order valence-electron chi connectivity index (χ2n) is 8.25. The van der Waals surface area contributed by atoms with E-state index in [-0.39, 0.29) is 5.91 Å². The van der Waals surface area contributed by atoms with E-state index in [1.54, 1.807) is 6.20 Å². The first-order valence-electron chi connectivity index (χ1n) is 10.6. The molecule has 0 unspecified atom stereocenters. The lowest BCUT2D eigenvalue weighted by atomic mass is 9.86. The van der Waals surface area contributed by atoms with Gasteiger partial charge in [0, 0.05) is 23.5 Å². The van der Waals surface area contributed by atoms with Crippen LogP contribution in [0.5, 0.6) is 0 Å². The molecular formula is C22H26N6O. The summed E-state index contributed by atoms with van der Waals surface area (Å²) < 4.78 is 0. The summed E-state index contributed by atoms with van der Waals surface area (Å²) in [5, 5.41) is 14.2. The van der Waals surface area contributed by atoms with Crippen LogP contribution < -0.4 is 10.6 Å². The Kier molecular flexibility index (Phi) is 4.87. The Bertz CT molecular complexity index is 1020. The van der Waals surface area contributed by atoms with Crippen LogP contribution in [0.4, 0.5) is 11.6 Å². The van der Waals surface area contributed by atoms with Gasteiger partial charge >= 0.3 is 0 Å². The lowest BCUT2D eigenvalue weighted by Crippen LogP contribution is -2.18. The number of aromatic nitrogens is 4. The first-order valence-corrected chi connectivity index (χ1v) is 10.6. The van der Waals surface area contributed by atoms with Gasteiger partial charge in [0.1, 0.15) is 5.69 Å². The van der Waals surface area contributed by atoms with Crippen molar-refractivity contribution < 1.29 is 4.79 Å². The first kappa shape index (κ1) is 18.1. The average Bonchev–Trinajstić information content (AvgIpc) is 3.47. The normalized spacial score (nSPS) is 17.4. The van der Waals surface area contributed by atoms with Crippen molar-refractivity contribution in [1.29, 1.82) is 0 Å². The second-order valence-corrected chi connectivity index (χ2v) is 8.25. The predicted octanol–water partition coefficient (Wildman–Crippen LogP) is 4.47. The number of carbonyl (C=O) groups is 1. The van der Waals surface area contributed by atoms with Gasteiger partial charge in [-0.2, -0.15) is 5.10 Å². The van der Waals surface area contributed by atoms with E-state index in [1.807, 2.05) is 24.3 Å². The van der Waals surface area contributed by atoms with Crippen LogP contribution in [0.2, 0.25) is 0 Å². The van der Waals surface area contributed by atoms with Crippen LogP contribution >= 0.6 is 0 Å². The second kappa shape index (κ2) is 7.81. The Morgan fingerprint density at radius 2 is 1.97 bits per heavy atom. The maximum absolute atomic E-state index is 13.1. The Hall–Kier alpha value is -2.96. The molecule has 3 aromatic rings. The number of hydrogen-bond donors (Lipinski definition) is 3. The number of carbonyl (C=O) groups excluding carboxylic acids is 1. The largest absolute Gasteiger partial charge is 0.354 e. The van der Waals surface area contributed by atoms with Gasteiger partial charge in [0.15, 0.2) is 0 Å². The summed E-state index contributed by atoms with van der Waals surface area (Å²) >= 11 is 0. The Balaban J connectivity index is 1.42. The maximum Gasteiger partial charge on any atom is 0.274 e. The summed E-state index contributed by atoms with van der Waals surface area (Å²) in [6, 6.07) is 7.59. The fourth-order valence-electron chi connectivity index (χ4n) is 4.09. The van der Waals surface area contributed by atoms with Gasteiger partial charge in [0.2, 0.25) is 5.95 Å². The highest BCUT2D eigenvalue weighted by Gasteiger charge is 2.23. The predicted molar refractivity (Wildman–Crippen MR) is 113 cm³/mol. The molecule has 3 N–H and O–H groups in total. The molecule has 0 radical (unpaired) electrons. The molecule has 1 amide bonds. The number of amides is 1. The summed E-state index contributed by atoms with van der Waals surface area (Å²) in [5.74, 6) is 1.49. The van der Waals surface area contributed by atoms with Crippen molar-refractivity contribution >= 4 is 28.4 Å². The fraction of sp³-hybridized carbons (Fsp3) is 0.455. The number of nitrogens with one attached hydrogen (secondary N) is 3. The van der Waals surface area contributed by atoms with Crippen molar-refractivity contribution in [3.63, 3.8) is 0 Å². The van der Waals surface area contributed by atoms with E-state index in [2.05, 4.69) is 25.8 Å². The molecule has 0 spiro atoms. The third-order valence-electron chi connectivity index (χ3n) is 5.98. The molecule has 2 saturated carbocycles. The summed E-state index contributed by atoms with van der Waals surface area (Å²) in [6.45, 7) is 0.878. The van der Waals surface area contributed by atoms with Gasteiger partial charge in [0.25, 0.3) is 5.91 Å². The van der Waals surface area contributed by atoms with Crippen LogP contribution in [0.15, 0.2) is 30.5 Å². The van der Waals surface area contributed by atoms with E-state index in [9.17, 15) is 4.79 Å². The number of hydrogen-bond acceptors (Lipinski definition) is 5. The number of benzene rings is 1. The molecule has 29 heavy (non-hydrogen) atoms. The number of fused-ring (bicyclic) bond motifs is 1. The molecule has 7 nitrogen and oxygen atoms in total. The van der Waals surface area contributed by atoms with Gasteiger partial charge in [-0.05, 0) is 49.8 Å². The topological polar surface area (TPSA) is 95.6 Å². The van der Waals surface area contributed by atoms with Crippen LogP contribution in [0.3, 0.4) is 0 Å². The Labute approximate surface area is 169 Å². The summed E-state index contributed by atoms with van der Waals surface area (Å²) in [7, 11) is 0. The summed E-state index contributed by atoms with van der Waals surface area (Å²) in [6.07, 6.45) is 10.3. The molecule has 2 aromatic heterocycles. The first-order chi connectivity index (χ1) is 14.3. The van der Waals surface area contributed by atoms with Crippen LogP contribution in [-0.4, -0.2) is 32.6 Å². The molecule has 7 heteroatoms. The van der Waals surface area contributed by atoms with Crippen molar-refractivity contribution in [1.82, 2.24) is 20.2 Å². The SMILES string of the molecule is O=C(Nc1cccc2[nH]ncc12)c1cc(C2CCCCC2)nc(NCC2CC2)n1. The molecule has 1 aromatic carbocycles. The van der Waals surface area contributed by atoms with E-state index in [0.717, 1.165) is 41.7 Å². The lowest BCUT2D eigenvalue weighted by Gasteiger charge is -2.22. The van der Waals surface area contributed by atoms with Crippen LogP contribution in [-0.2, 0) is 0 Å². The number of rotatable bonds is 6. The highest BCUT2D eigenvalue weighted by molar-refractivity contribution is 6.07. The molecule has 0 atom stereocenters. The molecule has 2 fully saturated rings. The third kappa shape index (κ3) is 4.09. The zero-order valence-electron chi connectivity index (χ0n) is 16.4. The molecule has 5 rings (SSSR count). The minimum atomic E-state index is -0.215. The fourth-order valence-corrected chi connectivity index (χ4v) is 4.09. The molecule has 2 heterocycles. The minimum Gasteiger partial charge on any atom is -0.354 e. The van der Waals surface area contributed by atoms with Gasteiger partial charge < -0.3 is 10.6 Å². The van der Waals surface area contributed by atoms with Gasteiger partial charge in [-0.15, -0.1) is 0 Å². The molecular weight excluding hydrogens is 364 g/mol. The van der Waals surface area contributed by atoms with Crippen molar-refractivity contribution in [3.05, 3.63) is 41.9 Å². The van der Waals surface area contributed by atoms with Gasteiger partial charge in [0.05, 0.1) is 17.4 Å². The molecule has 0 aliphatic heterocycles. The molecule has 0 saturated heterocycles. The molecule has 150 valence electrons. The number of aromatic amines is 1. The Morgan fingerprint density at radius 1 is 1.10 bits per heavy atom. The lowest BCUT2D eigenvalue weighted by molar-refractivity contribution is 0.102. The summed E-state index contributed by atoms with van der Waals surface area (Å²) in [5.41, 5.74) is 3.02. The minimum absolute atomic E-state index is 0.215. The van der Waals surface area contributed by atoms with Gasteiger partial charge in [-0.25, -0.2) is 9.97 Å². The summed E-state index contributed by atoms with van der Waals surface area (Å²) in [4.78, 5) is 22.4. The highest BCUT2D eigenvalue weighted by Crippen LogP contribution is 2.33. The van der Waals surface area contributed by atoms with Gasteiger partial charge in [-0.3, -0.25) is 9.89 Å². The van der Waals surface area contributed by atoms with E-state index in [1.165, 1.54) is 32.1 Å². The standard InChI is InChI=1S/C22H26N6O/c29-21(25-17-7-4-8-18-16(17)13-24-28-18)20-11-19(15-5-2-1-3-6-15)26-22(27-20)23-12-14-9-10-14/h4,7-8,11,13-15H,1-3,5-6,9-10,12H2,(H,24,28)(H,25,29)(H,23,26,27). The highest BCUT2D eigenvalue weighted by atomic mass is 16.1. The average molecular weight is 390 g/mol. The van der Waals surface area contributed by atoms with Crippen molar-refractivity contribution in [2.75, 3.05) is 17.2 Å². The van der Waals surface area contributed by atoms with Gasteiger partial charge in [-0.1, -0.05) is 25.3 Å². The number of H-pyrrole nitrogens is 1. The van der Waals surface area contributed by atoms with Crippen LogP contribution in [0.25, 0.3) is 10.9 Å². The van der Waals surface area contributed by atoms with Crippen molar-refractivity contribution in [3.8, 4) is 0 Å². The zero-order chi connectivity index (χ0) is 19.6. The number of anilines is 2. The molecule has 2 aliphatic carbocycles. The molecule has 0 bridgehead atoms. The van der Waals surface area contributed by atoms with Crippen molar-refractivity contribution in [2.24, 2.45) is 5.92 Å². The van der Waals surface area contributed by atoms with Crippen molar-refractivity contribution in [2.45, 2.75) is 50.9 Å². The van der Waals surface area contributed by atoms with E-state index >= 15 is 0 Å². The monoisotopic (exact) mass is 390 g/mol. The number of nitrogens with zero attached hydrogens (tertiary/aromatic N) is 3.